The quantitative estimate of drug-likeness (QED) is 0.815. The van der Waals surface area contributed by atoms with Crippen molar-refractivity contribution in [3.8, 4) is 5.95 Å². The van der Waals surface area contributed by atoms with Crippen LogP contribution in [0.4, 0.5) is 0 Å². The Morgan fingerprint density at radius 3 is 2.88 bits per heavy atom. The third-order valence-corrected chi connectivity index (χ3v) is 2.86. The third kappa shape index (κ3) is 2.18. The van der Waals surface area contributed by atoms with E-state index >= 15 is 0 Å². The molecule has 0 amide bonds. The van der Waals surface area contributed by atoms with Crippen LogP contribution < -0.4 is 0 Å². The van der Waals surface area contributed by atoms with Crippen LogP contribution in [0.3, 0.4) is 0 Å². The van der Waals surface area contributed by atoms with E-state index in [2.05, 4.69) is 0 Å². The van der Waals surface area contributed by atoms with Gasteiger partial charge in [0.25, 0.3) is 5.95 Å². The van der Waals surface area contributed by atoms with Gasteiger partial charge in [0.2, 0.25) is 0 Å². The van der Waals surface area contributed by atoms with Crippen molar-refractivity contribution in [2.45, 2.75) is 33.1 Å². The fourth-order valence-corrected chi connectivity index (χ4v) is 1.93. The highest BCUT2D eigenvalue weighted by molar-refractivity contribution is 6.09. The number of benzene rings is 1. The number of aryl methyl sites for hydroxylation is 1. The van der Waals surface area contributed by atoms with Crippen LogP contribution in [0, 0.1) is 6.92 Å². The Balaban J connectivity index is 2.48. The van der Waals surface area contributed by atoms with Gasteiger partial charge in [-0.1, -0.05) is 25.0 Å². The van der Waals surface area contributed by atoms with Gasteiger partial charge in [-0.15, -0.1) is 0 Å². The van der Waals surface area contributed by atoms with Gasteiger partial charge < -0.3 is 9.52 Å². The van der Waals surface area contributed by atoms with Gasteiger partial charge in [0.15, 0.2) is 5.78 Å². The van der Waals surface area contributed by atoms with Gasteiger partial charge in [-0.2, -0.15) is 0 Å². The van der Waals surface area contributed by atoms with Gasteiger partial charge in [-0.3, -0.25) is 4.79 Å². The lowest BCUT2D eigenvalue weighted by Gasteiger charge is -1.98. The molecule has 17 heavy (non-hydrogen) atoms. The molecule has 0 spiro atoms. The molecule has 0 bridgehead atoms. The Bertz CT molecular complexity index is 552. The summed E-state index contributed by atoms with van der Waals surface area (Å²) in [6, 6.07) is 5.55. The van der Waals surface area contributed by atoms with Crippen molar-refractivity contribution in [2.24, 2.45) is 0 Å². The fourth-order valence-electron chi connectivity index (χ4n) is 1.93. The number of rotatable bonds is 4. The van der Waals surface area contributed by atoms with Gasteiger partial charge >= 0.3 is 0 Å². The van der Waals surface area contributed by atoms with Crippen molar-refractivity contribution in [3.63, 3.8) is 0 Å². The van der Waals surface area contributed by atoms with Crippen LogP contribution in [0.25, 0.3) is 11.0 Å². The van der Waals surface area contributed by atoms with Gasteiger partial charge in [-0.25, -0.2) is 0 Å². The first kappa shape index (κ1) is 11.7. The van der Waals surface area contributed by atoms with Crippen molar-refractivity contribution in [1.82, 2.24) is 0 Å². The highest BCUT2D eigenvalue weighted by Gasteiger charge is 2.19. The molecular formula is C14H16O3. The van der Waals surface area contributed by atoms with Crippen LogP contribution in [-0.4, -0.2) is 10.9 Å². The molecule has 0 saturated heterocycles. The van der Waals surface area contributed by atoms with Crippen molar-refractivity contribution in [2.75, 3.05) is 0 Å². The average Bonchev–Trinajstić information content (AvgIpc) is 2.61. The normalized spacial score (nSPS) is 10.9. The Hall–Kier alpha value is -1.77. The number of Topliss-reactive ketones (excluding diaryl/α,β-unsaturated/α-hetero) is 1. The highest BCUT2D eigenvalue weighted by Crippen LogP contribution is 2.32. The predicted molar refractivity (Wildman–Crippen MR) is 66.5 cm³/mol. The molecule has 1 N–H and O–H groups in total. The lowest BCUT2D eigenvalue weighted by molar-refractivity contribution is 0.0976. The summed E-state index contributed by atoms with van der Waals surface area (Å²) in [5.41, 5.74) is 1.94. The number of unbranched alkanes of at least 4 members (excludes halogenated alkanes) is 1. The zero-order valence-electron chi connectivity index (χ0n) is 10.1. The third-order valence-electron chi connectivity index (χ3n) is 2.86. The second-order valence-electron chi connectivity index (χ2n) is 4.31. The molecule has 0 aliphatic carbocycles. The summed E-state index contributed by atoms with van der Waals surface area (Å²) in [6.07, 6.45) is 2.24. The highest BCUT2D eigenvalue weighted by atomic mass is 16.5. The van der Waals surface area contributed by atoms with E-state index in [9.17, 15) is 9.90 Å². The second-order valence-corrected chi connectivity index (χ2v) is 4.31. The molecule has 0 fully saturated rings. The lowest BCUT2D eigenvalue weighted by atomic mass is 10.0. The number of fused-ring (bicyclic) bond motifs is 1. The van der Waals surface area contributed by atoms with Gasteiger partial charge in [0.05, 0.1) is 0 Å². The molecule has 1 aromatic carbocycles. The standard InChI is InChI=1S/C14H16O3/c1-3-4-5-11(15)13-10-8-9(2)6-7-12(10)17-14(13)16/h6-8,16H,3-5H2,1-2H3. The maximum absolute atomic E-state index is 12.0. The molecule has 90 valence electrons. The van der Waals surface area contributed by atoms with Crippen LogP contribution >= 0.6 is 0 Å². The van der Waals surface area contributed by atoms with E-state index in [1.54, 1.807) is 6.07 Å². The maximum Gasteiger partial charge on any atom is 0.294 e. The molecule has 1 heterocycles. The summed E-state index contributed by atoms with van der Waals surface area (Å²) < 4.78 is 5.19. The largest absolute Gasteiger partial charge is 0.480 e. The van der Waals surface area contributed by atoms with E-state index < -0.39 is 0 Å². The van der Waals surface area contributed by atoms with E-state index in [-0.39, 0.29) is 11.7 Å². The van der Waals surface area contributed by atoms with Crippen molar-refractivity contribution < 1.29 is 14.3 Å². The first-order valence-corrected chi connectivity index (χ1v) is 5.88. The zero-order chi connectivity index (χ0) is 12.4. The van der Waals surface area contributed by atoms with Crippen molar-refractivity contribution >= 4 is 16.8 Å². The average molecular weight is 232 g/mol. The Morgan fingerprint density at radius 2 is 2.18 bits per heavy atom. The molecule has 0 atom stereocenters. The monoisotopic (exact) mass is 232 g/mol. The number of furan rings is 1. The number of ketones is 1. The number of carbonyl (C=O) groups is 1. The maximum atomic E-state index is 12.0. The van der Waals surface area contributed by atoms with Crippen molar-refractivity contribution in [1.29, 1.82) is 0 Å². The summed E-state index contributed by atoms with van der Waals surface area (Å²) in [5, 5.41) is 10.4. The SMILES string of the molecule is CCCCC(=O)c1c(O)oc2ccc(C)cc12. The topological polar surface area (TPSA) is 50.4 Å². The number of hydrogen-bond acceptors (Lipinski definition) is 3. The molecule has 0 aliphatic rings. The summed E-state index contributed by atoms with van der Waals surface area (Å²) in [5.74, 6) is -0.305. The smallest absolute Gasteiger partial charge is 0.294 e. The first-order valence-electron chi connectivity index (χ1n) is 5.88. The summed E-state index contributed by atoms with van der Waals surface area (Å²) in [6.45, 7) is 3.98. The summed E-state index contributed by atoms with van der Waals surface area (Å²) in [7, 11) is 0. The Labute approximate surface area is 100 Å². The summed E-state index contributed by atoms with van der Waals surface area (Å²) >= 11 is 0. The van der Waals surface area contributed by atoms with Crippen LogP contribution in [0.15, 0.2) is 22.6 Å². The van der Waals surface area contributed by atoms with Gasteiger partial charge in [-0.05, 0) is 25.5 Å². The van der Waals surface area contributed by atoms with Crippen LogP contribution in [0.1, 0.15) is 42.1 Å². The molecular weight excluding hydrogens is 216 g/mol. The number of aromatic hydroxyl groups is 1. The molecule has 2 aromatic rings. The minimum absolute atomic E-state index is 0.0475. The lowest BCUT2D eigenvalue weighted by Crippen LogP contribution is -1.97. The molecule has 1 aromatic heterocycles. The van der Waals surface area contributed by atoms with Crippen LogP contribution in [0.5, 0.6) is 5.95 Å². The van der Waals surface area contributed by atoms with Crippen molar-refractivity contribution in [3.05, 3.63) is 29.3 Å². The van der Waals surface area contributed by atoms with E-state index in [0.29, 0.717) is 23.0 Å². The van der Waals surface area contributed by atoms with Gasteiger partial charge in [0, 0.05) is 11.8 Å². The predicted octanol–water partition coefficient (Wildman–Crippen LogP) is 3.82. The van der Waals surface area contributed by atoms with Crippen LogP contribution in [-0.2, 0) is 0 Å². The van der Waals surface area contributed by atoms with Gasteiger partial charge in [0.1, 0.15) is 11.1 Å². The minimum atomic E-state index is -0.258. The Morgan fingerprint density at radius 1 is 1.41 bits per heavy atom. The van der Waals surface area contributed by atoms with E-state index in [4.69, 9.17) is 4.42 Å². The molecule has 3 nitrogen and oxygen atoms in total. The zero-order valence-corrected chi connectivity index (χ0v) is 10.1. The minimum Gasteiger partial charge on any atom is -0.480 e. The number of hydrogen-bond donors (Lipinski definition) is 1. The van der Waals surface area contributed by atoms with E-state index in [1.165, 1.54) is 0 Å². The molecule has 3 heteroatoms. The van der Waals surface area contributed by atoms with E-state index in [1.807, 2.05) is 26.0 Å². The number of carbonyl (C=O) groups excluding carboxylic acids is 1. The fraction of sp³-hybridized carbons (Fsp3) is 0.357. The summed E-state index contributed by atoms with van der Waals surface area (Å²) in [4.78, 5) is 12.0. The molecule has 2 rings (SSSR count). The molecule has 0 unspecified atom stereocenters. The molecule has 0 aliphatic heterocycles. The first-order chi connectivity index (χ1) is 8.13. The molecule has 0 radical (unpaired) electrons. The Kier molecular flexibility index (Phi) is 3.18. The van der Waals surface area contributed by atoms with Crippen LogP contribution in [0.2, 0.25) is 0 Å². The second kappa shape index (κ2) is 4.62. The molecule has 0 saturated carbocycles. The van der Waals surface area contributed by atoms with E-state index in [0.717, 1.165) is 18.4 Å².